The molecule has 0 fully saturated rings. The quantitative estimate of drug-likeness (QED) is 0.530. The number of fused-ring (bicyclic) bond motifs is 1. The standard InChI is InChI=1S/C19H14F3NO3/c1-2-23-10-15(17(24)18(25)26)14-8-5-12(9-16(14)23)11-3-6-13(7-4-11)19(20,21)22/h3-10H,2H2,1H3,(H,25,26)/p-1. The fraction of sp³-hybridized carbons (Fsp3) is 0.158. The first-order chi connectivity index (χ1) is 12.2. The van der Waals surface area contributed by atoms with Crippen molar-refractivity contribution >= 4 is 22.7 Å². The fourth-order valence-electron chi connectivity index (χ4n) is 2.88. The molecule has 0 N–H and O–H groups in total. The SMILES string of the molecule is CCn1cc(C(=O)C(=O)[O-])c2ccc(-c3ccc(C(F)(F)F)cc3)cc21. The minimum atomic E-state index is -4.40. The molecule has 7 heteroatoms. The van der Waals surface area contributed by atoms with Crippen LogP contribution < -0.4 is 5.11 Å². The van der Waals surface area contributed by atoms with Gasteiger partial charge in [0, 0.05) is 29.2 Å². The van der Waals surface area contributed by atoms with Gasteiger partial charge in [-0.2, -0.15) is 13.2 Å². The number of ketones is 1. The van der Waals surface area contributed by atoms with Gasteiger partial charge in [-0.15, -0.1) is 0 Å². The lowest BCUT2D eigenvalue weighted by Gasteiger charge is -2.09. The number of aliphatic carboxylic acids is 1. The van der Waals surface area contributed by atoms with Gasteiger partial charge in [-0.1, -0.05) is 24.3 Å². The normalized spacial score (nSPS) is 11.7. The van der Waals surface area contributed by atoms with Gasteiger partial charge in [-0.3, -0.25) is 4.79 Å². The number of aryl methyl sites for hydroxylation is 1. The van der Waals surface area contributed by atoms with Crippen molar-refractivity contribution in [3.05, 3.63) is 59.8 Å². The van der Waals surface area contributed by atoms with Crippen LogP contribution in [0.1, 0.15) is 22.8 Å². The molecule has 1 heterocycles. The molecule has 3 rings (SSSR count). The number of rotatable bonds is 4. The summed E-state index contributed by atoms with van der Waals surface area (Å²) in [6, 6.07) is 9.69. The van der Waals surface area contributed by atoms with Gasteiger partial charge in [0.2, 0.25) is 5.78 Å². The zero-order valence-electron chi connectivity index (χ0n) is 13.6. The average molecular weight is 360 g/mol. The molecule has 0 amide bonds. The van der Waals surface area contributed by atoms with Gasteiger partial charge < -0.3 is 14.5 Å². The topological polar surface area (TPSA) is 62.1 Å². The highest BCUT2D eigenvalue weighted by molar-refractivity contribution is 6.41. The Labute approximate surface area is 146 Å². The van der Waals surface area contributed by atoms with Crippen molar-refractivity contribution in [2.45, 2.75) is 19.6 Å². The van der Waals surface area contributed by atoms with Crippen molar-refractivity contribution < 1.29 is 27.9 Å². The Morgan fingerprint density at radius 2 is 1.65 bits per heavy atom. The van der Waals surface area contributed by atoms with Crippen molar-refractivity contribution in [2.75, 3.05) is 0 Å². The van der Waals surface area contributed by atoms with Crippen LogP contribution in [0.4, 0.5) is 13.2 Å². The Morgan fingerprint density at radius 3 is 2.19 bits per heavy atom. The molecule has 0 saturated heterocycles. The van der Waals surface area contributed by atoms with E-state index in [1.807, 2.05) is 6.92 Å². The van der Waals surface area contributed by atoms with E-state index in [1.54, 1.807) is 22.8 Å². The fourth-order valence-corrected chi connectivity index (χ4v) is 2.88. The number of Topliss-reactive ketones (excluding diaryl/α,β-unsaturated/α-hetero) is 1. The molecule has 0 bridgehead atoms. The Hall–Kier alpha value is -3.09. The molecule has 2 aromatic carbocycles. The lowest BCUT2D eigenvalue weighted by molar-refractivity contribution is -0.296. The molecule has 0 aliphatic rings. The number of carbonyl (C=O) groups excluding carboxylic acids is 2. The Kier molecular flexibility index (Phi) is 4.31. The number of hydrogen-bond donors (Lipinski definition) is 0. The van der Waals surface area contributed by atoms with Crippen LogP contribution in [0.3, 0.4) is 0 Å². The number of benzene rings is 2. The molecule has 0 spiro atoms. The number of nitrogens with zero attached hydrogens (tertiary/aromatic N) is 1. The van der Waals surface area contributed by atoms with Crippen LogP contribution in [-0.2, 0) is 17.5 Å². The summed E-state index contributed by atoms with van der Waals surface area (Å²) in [5.41, 5.74) is 1.15. The second-order valence-corrected chi connectivity index (χ2v) is 5.75. The van der Waals surface area contributed by atoms with Crippen molar-refractivity contribution in [3.8, 4) is 11.1 Å². The summed E-state index contributed by atoms with van der Waals surface area (Å²) in [6.07, 6.45) is -2.96. The van der Waals surface area contributed by atoms with Crippen LogP contribution in [0.25, 0.3) is 22.0 Å². The van der Waals surface area contributed by atoms with E-state index in [0.29, 0.717) is 28.6 Å². The summed E-state index contributed by atoms with van der Waals surface area (Å²) in [6.45, 7) is 2.32. The van der Waals surface area contributed by atoms with E-state index in [9.17, 15) is 27.9 Å². The minimum absolute atomic E-state index is 0.0285. The molecule has 0 unspecified atom stereocenters. The molecule has 4 nitrogen and oxygen atoms in total. The molecule has 134 valence electrons. The van der Waals surface area contributed by atoms with Crippen LogP contribution in [0.5, 0.6) is 0 Å². The molecule has 3 aromatic rings. The number of carboxylic acid groups (broad SMARTS) is 1. The second-order valence-electron chi connectivity index (χ2n) is 5.75. The third kappa shape index (κ3) is 3.08. The van der Waals surface area contributed by atoms with E-state index in [2.05, 4.69) is 0 Å². The van der Waals surface area contributed by atoms with Crippen LogP contribution in [-0.4, -0.2) is 16.3 Å². The molecular formula is C19H13F3NO3-. The predicted octanol–water partition coefficient (Wildman–Crippen LogP) is 3.28. The highest BCUT2D eigenvalue weighted by Gasteiger charge is 2.30. The van der Waals surface area contributed by atoms with Crippen LogP contribution >= 0.6 is 0 Å². The third-order valence-electron chi connectivity index (χ3n) is 4.20. The molecular weight excluding hydrogens is 347 g/mol. The molecule has 0 aliphatic carbocycles. The molecule has 0 aliphatic heterocycles. The van der Waals surface area contributed by atoms with E-state index < -0.39 is 23.5 Å². The predicted molar refractivity (Wildman–Crippen MR) is 87.4 cm³/mol. The maximum absolute atomic E-state index is 12.7. The first-order valence-electron chi connectivity index (χ1n) is 7.78. The Bertz CT molecular complexity index is 1000. The van der Waals surface area contributed by atoms with Gasteiger partial charge in [-0.05, 0) is 36.2 Å². The van der Waals surface area contributed by atoms with Crippen LogP contribution in [0.15, 0.2) is 48.7 Å². The Balaban J connectivity index is 2.09. The molecule has 1 aromatic heterocycles. The summed E-state index contributed by atoms with van der Waals surface area (Å²) in [5.74, 6) is -2.89. The first-order valence-corrected chi connectivity index (χ1v) is 7.78. The lowest BCUT2D eigenvalue weighted by atomic mass is 10.0. The van der Waals surface area contributed by atoms with Gasteiger partial charge in [0.1, 0.15) is 5.97 Å². The highest BCUT2D eigenvalue weighted by atomic mass is 19.4. The number of hydrogen-bond acceptors (Lipinski definition) is 3. The molecule has 26 heavy (non-hydrogen) atoms. The number of carboxylic acids is 1. The molecule has 0 radical (unpaired) electrons. The number of alkyl halides is 3. The number of halogens is 3. The minimum Gasteiger partial charge on any atom is -0.541 e. The highest BCUT2D eigenvalue weighted by Crippen LogP contribution is 2.32. The van der Waals surface area contributed by atoms with Crippen LogP contribution in [0, 0.1) is 0 Å². The van der Waals surface area contributed by atoms with Crippen molar-refractivity contribution in [1.29, 1.82) is 0 Å². The average Bonchev–Trinajstić information content (AvgIpc) is 2.98. The van der Waals surface area contributed by atoms with E-state index in [0.717, 1.165) is 12.1 Å². The van der Waals surface area contributed by atoms with Crippen molar-refractivity contribution in [3.63, 3.8) is 0 Å². The largest absolute Gasteiger partial charge is 0.541 e. The maximum Gasteiger partial charge on any atom is 0.416 e. The summed E-state index contributed by atoms with van der Waals surface area (Å²) in [5, 5.41) is 11.3. The Morgan fingerprint density at radius 1 is 1.04 bits per heavy atom. The summed E-state index contributed by atoms with van der Waals surface area (Å²) < 4.78 is 39.8. The zero-order valence-corrected chi connectivity index (χ0v) is 13.6. The van der Waals surface area contributed by atoms with Crippen LogP contribution in [0.2, 0.25) is 0 Å². The van der Waals surface area contributed by atoms with E-state index in [1.165, 1.54) is 18.3 Å². The monoisotopic (exact) mass is 360 g/mol. The van der Waals surface area contributed by atoms with E-state index in [-0.39, 0.29) is 5.56 Å². The van der Waals surface area contributed by atoms with Crippen molar-refractivity contribution in [2.24, 2.45) is 0 Å². The second kappa shape index (κ2) is 6.33. The zero-order chi connectivity index (χ0) is 19.1. The van der Waals surface area contributed by atoms with Gasteiger partial charge in [0.05, 0.1) is 5.56 Å². The third-order valence-corrected chi connectivity index (χ3v) is 4.20. The van der Waals surface area contributed by atoms with Gasteiger partial charge in [-0.25, -0.2) is 0 Å². The summed E-state index contributed by atoms with van der Waals surface area (Å²) >= 11 is 0. The van der Waals surface area contributed by atoms with Crippen molar-refractivity contribution in [1.82, 2.24) is 4.57 Å². The first kappa shape index (κ1) is 17.7. The molecule has 0 saturated carbocycles. The number of aromatic nitrogens is 1. The van der Waals surface area contributed by atoms with Gasteiger partial charge in [0.15, 0.2) is 0 Å². The lowest BCUT2D eigenvalue weighted by Crippen LogP contribution is -2.31. The molecule has 0 atom stereocenters. The van der Waals surface area contributed by atoms with E-state index in [4.69, 9.17) is 0 Å². The summed E-state index contributed by atoms with van der Waals surface area (Å²) in [7, 11) is 0. The van der Waals surface area contributed by atoms with E-state index >= 15 is 0 Å². The van der Waals surface area contributed by atoms with Gasteiger partial charge in [0.25, 0.3) is 0 Å². The summed E-state index contributed by atoms with van der Waals surface area (Å²) in [4.78, 5) is 22.7. The smallest absolute Gasteiger partial charge is 0.416 e. The maximum atomic E-state index is 12.7. The number of carbonyl (C=O) groups is 2. The van der Waals surface area contributed by atoms with Gasteiger partial charge >= 0.3 is 6.18 Å².